The Hall–Kier alpha value is -1.53. The van der Waals surface area contributed by atoms with Crippen LogP contribution in [0.5, 0.6) is 0 Å². The zero-order valence-corrected chi connectivity index (χ0v) is 10.1. The Morgan fingerprint density at radius 2 is 2.18 bits per heavy atom. The van der Waals surface area contributed by atoms with Gasteiger partial charge >= 0.3 is 0 Å². The van der Waals surface area contributed by atoms with E-state index >= 15 is 0 Å². The number of anilines is 1. The summed E-state index contributed by atoms with van der Waals surface area (Å²) in [6, 6.07) is 5.72. The number of hydrogen-bond donors (Lipinski definition) is 1. The van der Waals surface area contributed by atoms with Gasteiger partial charge in [-0.2, -0.15) is 0 Å². The second-order valence-electron chi connectivity index (χ2n) is 3.07. The van der Waals surface area contributed by atoms with E-state index in [-0.39, 0.29) is 11.4 Å². The molecule has 1 amide bonds. The van der Waals surface area contributed by atoms with Crippen molar-refractivity contribution < 1.29 is 9.18 Å². The second kappa shape index (κ2) is 5.20. The van der Waals surface area contributed by atoms with Crippen molar-refractivity contribution in [2.75, 3.05) is 5.32 Å². The zero-order chi connectivity index (χ0) is 12.3. The van der Waals surface area contributed by atoms with Crippen LogP contribution in [-0.2, 0) is 5.88 Å². The minimum absolute atomic E-state index is 0.0323. The molecule has 88 valence electrons. The fourth-order valence-electron chi connectivity index (χ4n) is 1.17. The van der Waals surface area contributed by atoms with Crippen molar-refractivity contribution in [2.45, 2.75) is 5.88 Å². The van der Waals surface area contributed by atoms with Gasteiger partial charge in [0.1, 0.15) is 10.8 Å². The molecule has 0 spiro atoms. The van der Waals surface area contributed by atoms with E-state index in [9.17, 15) is 9.18 Å². The van der Waals surface area contributed by atoms with Gasteiger partial charge in [0, 0.05) is 0 Å². The fraction of sp³-hybridized carbons (Fsp3) is 0.100. The standard InChI is InChI=1S/C10H7ClFN3OS/c11-5-8-14-15-10(17-8)13-9(16)6-3-1-2-4-7(6)12/h1-4H,5H2,(H,13,15,16). The molecule has 0 aliphatic heterocycles. The molecule has 7 heteroatoms. The van der Waals surface area contributed by atoms with Gasteiger partial charge in [0.25, 0.3) is 5.91 Å². The van der Waals surface area contributed by atoms with E-state index in [1.54, 1.807) is 6.07 Å². The molecular weight excluding hydrogens is 265 g/mol. The molecule has 0 bridgehead atoms. The Morgan fingerprint density at radius 1 is 1.41 bits per heavy atom. The predicted octanol–water partition coefficient (Wildman–Crippen LogP) is 2.67. The molecule has 0 saturated carbocycles. The first-order valence-electron chi connectivity index (χ1n) is 4.65. The van der Waals surface area contributed by atoms with E-state index in [0.717, 1.165) is 11.3 Å². The highest BCUT2D eigenvalue weighted by atomic mass is 35.5. The number of benzene rings is 1. The smallest absolute Gasteiger partial charge is 0.260 e. The van der Waals surface area contributed by atoms with E-state index < -0.39 is 11.7 Å². The number of halogens is 2. The Bertz CT molecular complexity index is 546. The third-order valence-electron chi connectivity index (χ3n) is 1.92. The number of aromatic nitrogens is 2. The summed E-state index contributed by atoms with van der Waals surface area (Å²) in [5.74, 6) is -0.903. The third kappa shape index (κ3) is 2.78. The monoisotopic (exact) mass is 271 g/mol. The highest BCUT2D eigenvalue weighted by Crippen LogP contribution is 2.18. The van der Waals surface area contributed by atoms with Crippen LogP contribution in [0, 0.1) is 5.82 Å². The van der Waals surface area contributed by atoms with Crippen molar-refractivity contribution in [3.63, 3.8) is 0 Å². The summed E-state index contributed by atoms with van der Waals surface area (Å²) < 4.78 is 13.3. The molecule has 0 unspecified atom stereocenters. The van der Waals surface area contributed by atoms with Gasteiger partial charge in [-0.3, -0.25) is 10.1 Å². The van der Waals surface area contributed by atoms with Gasteiger partial charge in [0.05, 0.1) is 11.4 Å². The molecule has 0 aliphatic rings. The molecule has 0 radical (unpaired) electrons. The Kier molecular flexibility index (Phi) is 3.65. The van der Waals surface area contributed by atoms with Gasteiger partial charge in [-0.1, -0.05) is 23.5 Å². The normalized spacial score (nSPS) is 10.2. The lowest BCUT2D eigenvalue weighted by molar-refractivity contribution is 0.102. The summed E-state index contributed by atoms with van der Waals surface area (Å²) in [7, 11) is 0. The first-order valence-corrected chi connectivity index (χ1v) is 6.00. The largest absolute Gasteiger partial charge is 0.296 e. The minimum atomic E-state index is -0.577. The number of rotatable bonds is 3. The fourth-order valence-corrected chi connectivity index (χ4v) is 1.97. The zero-order valence-electron chi connectivity index (χ0n) is 8.48. The molecule has 1 heterocycles. The van der Waals surface area contributed by atoms with Gasteiger partial charge in [0.15, 0.2) is 0 Å². The lowest BCUT2D eigenvalue weighted by atomic mass is 10.2. The molecule has 0 aliphatic carbocycles. The molecular formula is C10H7ClFN3OS. The summed E-state index contributed by atoms with van der Waals surface area (Å²) in [5, 5.41) is 10.8. The number of alkyl halides is 1. The minimum Gasteiger partial charge on any atom is -0.296 e. The SMILES string of the molecule is O=C(Nc1nnc(CCl)s1)c1ccccc1F. The van der Waals surface area contributed by atoms with Crippen LogP contribution in [0.15, 0.2) is 24.3 Å². The summed E-state index contributed by atoms with van der Waals surface area (Å²) in [6.45, 7) is 0. The summed E-state index contributed by atoms with van der Waals surface area (Å²) in [6.07, 6.45) is 0. The number of carbonyl (C=O) groups is 1. The van der Waals surface area contributed by atoms with Crippen molar-refractivity contribution in [2.24, 2.45) is 0 Å². The number of nitrogens with zero attached hydrogens (tertiary/aromatic N) is 2. The van der Waals surface area contributed by atoms with Crippen LogP contribution in [0.25, 0.3) is 0 Å². The first-order chi connectivity index (χ1) is 8.20. The average molecular weight is 272 g/mol. The molecule has 1 aromatic heterocycles. The van der Waals surface area contributed by atoms with Crippen molar-refractivity contribution in [1.82, 2.24) is 10.2 Å². The van der Waals surface area contributed by atoms with Crippen molar-refractivity contribution in [3.05, 3.63) is 40.7 Å². The lowest BCUT2D eigenvalue weighted by Crippen LogP contribution is -2.13. The molecule has 4 nitrogen and oxygen atoms in total. The highest BCUT2D eigenvalue weighted by molar-refractivity contribution is 7.15. The van der Waals surface area contributed by atoms with Crippen molar-refractivity contribution >= 4 is 34.0 Å². The lowest BCUT2D eigenvalue weighted by Gasteiger charge is -2.01. The van der Waals surface area contributed by atoms with Gasteiger partial charge in [-0.25, -0.2) is 4.39 Å². The van der Waals surface area contributed by atoms with Crippen LogP contribution < -0.4 is 5.32 Å². The summed E-state index contributed by atoms with van der Waals surface area (Å²) in [4.78, 5) is 11.7. The van der Waals surface area contributed by atoms with Gasteiger partial charge in [-0.05, 0) is 12.1 Å². The Morgan fingerprint density at radius 3 is 2.82 bits per heavy atom. The van der Waals surface area contributed by atoms with Crippen molar-refractivity contribution in [3.8, 4) is 0 Å². The van der Waals surface area contributed by atoms with Gasteiger partial charge in [-0.15, -0.1) is 21.8 Å². The first kappa shape index (κ1) is 11.9. The second-order valence-corrected chi connectivity index (χ2v) is 4.40. The van der Waals surface area contributed by atoms with Crippen LogP contribution >= 0.6 is 22.9 Å². The Balaban J connectivity index is 2.14. The maximum absolute atomic E-state index is 13.3. The molecule has 2 rings (SSSR count). The highest BCUT2D eigenvalue weighted by Gasteiger charge is 2.13. The van der Waals surface area contributed by atoms with Crippen LogP contribution in [-0.4, -0.2) is 16.1 Å². The average Bonchev–Trinajstić information content (AvgIpc) is 2.77. The van der Waals surface area contributed by atoms with E-state index in [4.69, 9.17) is 11.6 Å². The van der Waals surface area contributed by atoms with E-state index in [0.29, 0.717) is 10.1 Å². The van der Waals surface area contributed by atoms with Gasteiger partial charge in [0.2, 0.25) is 5.13 Å². The molecule has 1 N–H and O–H groups in total. The van der Waals surface area contributed by atoms with Crippen LogP contribution in [0.1, 0.15) is 15.4 Å². The van der Waals surface area contributed by atoms with Gasteiger partial charge < -0.3 is 0 Å². The molecule has 1 aromatic carbocycles. The van der Waals surface area contributed by atoms with E-state index in [1.807, 2.05) is 0 Å². The third-order valence-corrected chi connectivity index (χ3v) is 3.17. The van der Waals surface area contributed by atoms with Crippen molar-refractivity contribution in [1.29, 1.82) is 0 Å². The molecule has 2 aromatic rings. The maximum Gasteiger partial charge on any atom is 0.260 e. The quantitative estimate of drug-likeness (QED) is 0.873. The molecule has 0 fully saturated rings. The van der Waals surface area contributed by atoms with Crippen LogP contribution in [0.4, 0.5) is 9.52 Å². The number of carbonyl (C=O) groups excluding carboxylic acids is 1. The number of hydrogen-bond acceptors (Lipinski definition) is 4. The van der Waals surface area contributed by atoms with Crippen LogP contribution in [0.2, 0.25) is 0 Å². The van der Waals surface area contributed by atoms with Crippen LogP contribution in [0.3, 0.4) is 0 Å². The summed E-state index contributed by atoms with van der Waals surface area (Å²) in [5.41, 5.74) is -0.0323. The number of nitrogens with one attached hydrogen (secondary N) is 1. The Labute approximate surface area is 105 Å². The molecule has 17 heavy (non-hydrogen) atoms. The van der Waals surface area contributed by atoms with E-state index in [1.165, 1.54) is 18.2 Å². The van der Waals surface area contributed by atoms with E-state index in [2.05, 4.69) is 15.5 Å². The maximum atomic E-state index is 13.3. The summed E-state index contributed by atoms with van der Waals surface area (Å²) >= 11 is 6.71. The predicted molar refractivity (Wildman–Crippen MR) is 63.8 cm³/mol. The topological polar surface area (TPSA) is 54.9 Å². The molecule has 0 saturated heterocycles. The molecule has 0 atom stereocenters. The number of amides is 1.